The molecule has 2 fully saturated rings. The Labute approximate surface area is 181 Å². The number of aliphatic imine (C=N–C) groups is 1. The maximum absolute atomic E-state index is 4.53. The first-order valence-corrected chi connectivity index (χ1v) is 10.2. The van der Waals surface area contributed by atoms with Crippen molar-refractivity contribution in [2.45, 2.75) is 51.6 Å². The fourth-order valence-corrected chi connectivity index (χ4v) is 3.88. The second-order valence-corrected chi connectivity index (χ2v) is 7.40. The van der Waals surface area contributed by atoms with Crippen LogP contribution in [-0.2, 0) is 6.54 Å². The van der Waals surface area contributed by atoms with E-state index in [1.54, 1.807) is 0 Å². The SMILES string of the molecule is CCCN1CCC(NC(=NC)NCc2ccnc(N3CCCC3)c2)CC1.I. The number of guanidine groups is 1. The molecular weight excluding hydrogens is 451 g/mol. The highest BCUT2D eigenvalue weighted by molar-refractivity contribution is 14.0. The van der Waals surface area contributed by atoms with Crippen LogP contribution in [0.2, 0.25) is 0 Å². The number of hydrogen-bond donors (Lipinski definition) is 2. The summed E-state index contributed by atoms with van der Waals surface area (Å²) in [6, 6.07) is 4.81. The Bertz CT molecular complexity index is 580. The number of aromatic nitrogens is 1. The Morgan fingerprint density at radius 3 is 2.63 bits per heavy atom. The van der Waals surface area contributed by atoms with Crippen molar-refractivity contribution in [1.82, 2.24) is 20.5 Å². The summed E-state index contributed by atoms with van der Waals surface area (Å²) in [5.74, 6) is 2.01. The van der Waals surface area contributed by atoms with E-state index in [0.29, 0.717) is 6.04 Å². The van der Waals surface area contributed by atoms with Gasteiger partial charge in [0, 0.05) is 52.0 Å². The van der Waals surface area contributed by atoms with Crippen LogP contribution in [0.15, 0.2) is 23.3 Å². The Kier molecular flexibility index (Phi) is 9.61. The van der Waals surface area contributed by atoms with Gasteiger partial charge in [0.15, 0.2) is 5.96 Å². The van der Waals surface area contributed by atoms with Crippen LogP contribution in [-0.4, -0.2) is 61.7 Å². The summed E-state index contributed by atoms with van der Waals surface area (Å²) in [5, 5.41) is 7.06. The third kappa shape index (κ3) is 6.78. The Balaban J connectivity index is 0.00000261. The number of hydrogen-bond acceptors (Lipinski definition) is 4. The standard InChI is InChI=1S/C20H34N6.HI/c1-3-10-25-13-7-18(8-14-25)24-20(21-2)23-16-17-6-9-22-19(15-17)26-11-4-5-12-26;/h6,9,15,18H,3-5,7-8,10-14,16H2,1-2H3,(H2,21,23,24);1H. The predicted octanol–water partition coefficient (Wildman–Crippen LogP) is 2.84. The van der Waals surface area contributed by atoms with Crippen molar-refractivity contribution in [3.63, 3.8) is 0 Å². The fraction of sp³-hybridized carbons (Fsp3) is 0.700. The fourth-order valence-electron chi connectivity index (χ4n) is 3.88. The lowest BCUT2D eigenvalue weighted by molar-refractivity contribution is 0.206. The molecule has 152 valence electrons. The van der Waals surface area contributed by atoms with Crippen molar-refractivity contribution in [1.29, 1.82) is 0 Å². The molecule has 6 nitrogen and oxygen atoms in total. The van der Waals surface area contributed by atoms with Gasteiger partial charge in [-0.2, -0.15) is 0 Å². The largest absolute Gasteiger partial charge is 0.357 e. The van der Waals surface area contributed by atoms with Gasteiger partial charge in [-0.15, -0.1) is 24.0 Å². The minimum absolute atomic E-state index is 0. The van der Waals surface area contributed by atoms with Gasteiger partial charge in [-0.25, -0.2) is 4.98 Å². The maximum Gasteiger partial charge on any atom is 0.191 e. The highest BCUT2D eigenvalue weighted by Gasteiger charge is 2.19. The molecule has 2 N–H and O–H groups in total. The minimum Gasteiger partial charge on any atom is -0.357 e. The zero-order valence-electron chi connectivity index (χ0n) is 16.8. The van der Waals surface area contributed by atoms with Gasteiger partial charge in [-0.3, -0.25) is 4.99 Å². The molecule has 2 aliphatic heterocycles. The summed E-state index contributed by atoms with van der Waals surface area (Å²) in [4.78, 5) is 13.9. The van der Waals surface area contributed by atoms with Crippen molar-refractivity contribution in [2.75, 3.05) is 44.7 Å². The van der Waals surface area contributed by atoms with E-state index >= 15 is 0 Å². The number of pyridine rings is 1. The number of piperidine rings is 1. The van der Waals surface area contributed by atoms with Crippen molar-refractivity contribution >= 4 is 35.8 Å². The number of nitrogens with zero attached hydrogens (tertiary/aromatic N) is 4. The number of likely N-dealkylation sites (tertiary alicyclic amines) is 1. The molecule has 1 aromatic heterocycles. The minimum atomic E-state index is 0. The Morgan fingerprint density at radius 1 is 1.22 bits per heavy atom. The number of anilines is 1. The Morgan fingerprint density at radius 2 is 1.96 bits per heavy atom. The summed E-state index contributed by atoms with van der Waals surface area (Å²) in [7, 11) is 1.85. The first-order chi connectivity index (χ1) is 12.8. The highest BCUT2D eigenvalue weighted by atomic mass is 127. The number of halogens is 1. The molecule has 0 unspecified atom stereocenters. The van der Waals surface area contributed by atoms with Gasteiger partial charge in [-0.05, 0) is 56.3 Å². The van der Waals surface area contributed by atoms with Gasteiger partial charge in [-0.1, -0.05) is 6.92 Å². The molecule has 0 bridgehead atoms. The van der Waals surface area contributed by atoms with Crippen molar-refractivity contribution in [2.24, 2.45) is 4.99 Å². The van der Waals surface area contributed by atoms with E-state index in [4.69, 9.17) is 0 Å². The van der Waals surface area contributed by atoms with Crippen LogP contribution in [0.5, 0.6) is 0 Å². The summed E-state index contributed by atoms with van der Waals surface area (Å²) < 4.78 is 0. The van der Waals surface area contributed by atoms with E-state index < -0.39 is 0 Å². The first-order valence-electron chi connectivity index (χ1n) is 10.2. The monoisotopic (exact) mass is 486 g/mol. The lowest BCUT2D eigenvalue weighted by Crippen LogP contribution is -2.48. The zero-order valence-corrected chi connectivity index (χ0v) is 19.1. The van der Waals surface area contributed by atoms with Crippen LogP contribution in [0.1, 0.15) is 44.6 Å². The third-order valence-corrected chi connectivity index (χ3v) is 5.39. The molecule has 0 spiro atoms. The molecule has 3 heterocycles. The molecule has 0 radical (unpaired) electrons. The van der Waals surface area contributed by atoms with Gasteiger partial charge in [0.1, 0.15) is 5.82 Å². The number of nitrogens with one attached hydrogen (secondary N) is 2. The molecule has 0 aromatic carbocycles. The molecule has 0 aliphatic carbocycles. The summed E-state index contributed by atoms with van der Waals surface area (Å²) >= 11 is 0. The summed E-state index contributed by atoms with van der Waals surface area (Å²) in [6.45, 7) is 8.88. The van der Waals surface area contributed by atoms with E-state index in [1.165, 1.54) is 57.3 Å². The van der Waals surface area contributed by atoms with Crippen LogP contribution in [0.3, 0.4) is 0 Å². The molecule has 1 aromatic rings. The lowest BCUT2D eigenvalue weighted by Gasteiger charge is -2.32. The van der Waals surface area contributed by atoms with Gasteiger partial charge in [0.2, 0.25) is 0 Å². The van der Waals surface area contributed by atoms with Crippen LogP contribution in [0.25, 0.3) is 0 Å². The van der Waals surface area contributed by atoms with E-state index in [2.05, 4.69) is 49.5 Å². The predicted molar refractivity (Wildman–Crippen MR) is 124 cm³/mol. The van der Waals surface area contributed by atoms with E-state index in [-0.39, 0.29) is 24.0 Å². The lowest BCUT2D eigenvalue weighted by atomic mass is 10.1. The van der Waals surface area contributed by atoms with Crippen molar-refractivity contribution in [3.8, 4) is 0 Å². The van der Waals surface area contributed by atoms with Crippen LogP contribution >= 0.6 is 24.0 Å². The van der Waals surface area contributed by atoms with Gasteiger partial charge >= 0.3 is 0 Å². The topological polar surface area (TPSA) is 55.8 Å². The van der Waals surface area contributed by atoms with Gasteiger partial charge in [0.25, 0.3) is 0 Å². The average molecular weight is 486 g/mol. The molecular formula is C20H35IN6. The second kappa shape index (κ2) is 11.7. The van der Waals surface area contributed by atoms with Gasteiger partial charge < -0.3 is 20.4 Å². The van der Waals surface area contributed by atoms with Crippen LogP contribution in [0, 0.1) is 0 Å². The summed E-state index contributed by atoms with van der Waals surface area (Å²) in [6.07, 6.45) is 8.09. The molecule has 2 saturated heterocycles. The second-order valence-electron chi connectivity index (χ2n) is 7.40. The smallest absolute Gasteiger partial charge is 0.191 e. The molecule has 0 saturated carbocycles. The highest BCUT2D eigenvalue weighted by Crippen LogP contribution is 2.18. The van der Waals surface area contributed by atoms with Crippen molar-refractivity contribution < 1.29 is 0 Å². The molecule has 3 rings (SSSR count). The quantitative estimate of drug-likeness (QED) is 0.368. The van der Waals surface area contributed by atoms with Crippen LogP contribution < -0.4 is 15.5 Å². The number of rotatable bonds is 6. The zero-order chi connectivity index (χ0) is 18.2. The van der Waals surface area contributed by atoms with E-state index in [9.17, 15) is 0 Å². The van der Waals surface area contributed by atoms with E-state index in [1.807, 2.05) is 13.2 Å². The first kappa shape index (κ1) is 22.2. The molecule has 2 aliphatic rings. The average Bonchev–Trinajstić information content (AvgIpc) is 3.22. The maximum atomic E-state index is 4.53. The third-order valence-electron chi connectivity index (χ3n) is 5.39. The molecule has 0 atom stereocenters. The normalized spacial score (nSPS) is 19.0. The Hall–Kier alpha value is -1.09. The van der Waals surface area contributed by atoms with Gasteiger partial charge in [0.05, 0.1) is 0 Å². The van der Waals surface area contributed by atoms with E-state index in [0.717, 1.165) is 31.4 Å². The molecule has 7 heteroatoms. The van der Waals surface area contributed by atoms with Crippen molar-refractivity contribution in [3.05, 3.63) is 23.9 Å². The summed E-state index contributed by atoms with van der Waals surface area (Å²) in [5.41, 5.74) is 1.25. The van der Waals surface area contributed by atoms with Crippen LogP contribution in [0.4, 0.5) is 5.82 Å². The molecule has 0 amide bonds. The molecule has 27 heavy (non-hydrogen) atoms.